The molecule has 0 spiro atoms. The molecule has 0 fully saturated rings. The lowest BCUT2D eigenvalue weighted by molar-refractivity contribution is 1.07. The van der Waals surface area contributed by atoms with Crippen molar-refractivity contribution in [2.45, 2.75) is 11.9 Å². The Balaban J connectivity index is 2.92. The summed E-state index contributed by atoms with van der Waals surface area (Å²) in [6, 6.07) is 5.91. The minimum Gasteiger partial charge on any atom is -0.303 e. The first-order valence-corrected chi connectivity index (χ1v) is 3.86. The number of nitrogens with zero attached hydrogens (tertiary/aromatic N) is 2. The van der Waals surface area contributed by atoms with Crippen LogP contribution in [0.2, 0.25) is 0 Å². The van der Waals surface area contributed by atoms with Crippen LogP contribution in [-0.2, 0) is 0 Å². The van der Waals surface area contributed by atoms with Crippen LogP contribution in [0, 0.1) is 6.92 Å². The maximum Gasteiger partial charge on any atom is 0.138 e. The van der Waals surface area contributed by atoms with Crippen LogP contribution in [0.3, 0.4) is 0 Å². The molecule has 0 atom stereocenters. The van der Waals surface area contributed by atoms with E-state index in [-0.39, 0.29) is 0 Å². The molecule has 0 radical (unpaired) electrons. The maximum absolute atomic E-state index is 4.24. The number of pyridine rings is 1. The Morgan fingerprint density at radius 3 is 3.00 bits per heavy atom. The van der Waals surface area contributed by atoms with Gasteiger partial charge >= 0.3 is 0 Å². The monoisotopic (exact) mass is 164 g/mol. The molecule has 2 rings (SSSR count). The highest BCUT2D eigenvalue weighted by atomic mass is 32.1. The van der Waals surface area contributed by atoms with E-state index in [4.69, 9.17) is 0 Å². The molecule has 2 heterocycles. The third-order valence-corrected chi connectivity index (χ3v) is 2.17. The predicted octanol–water partition coefficient (Wildman–Crippen LogP) is 1.93. The molecule has 0 N–H and O–H groups in total. The van der Waals surface area contributed by atoms with Crippen LogP contribution in [0.5, 0.6) is 0 Å². The molecule has 0 aliphatic carbocycles. The first kappa shape index (κ1) is 6.73. The molecule has 11 heavy (non-hydrogen) atoms. The molecule has 0 saturated heterocycles. The lowest BCUT2D eigenvalue weighted by Crippen LogP contribution is -1.83. The van der Waals surface area contributed by atoms with Gasteiger partial charge in [0.2, 0.25) is 0 Å². The van der Waals surface area contributed by atoms with Crippen LogP contribution >= 0.6 is 12.6 Å². The minimum atomic E-state index is 0.802. The third-order valence-electron chi connectivity index (χ3n) is 1.74. The average Bonchev–Trinajstić information content (AvgIpc) is 2.30. The van der Waals surface area contributed by atoms with Gasteiger partial charge in [0.15, 0.2) is 0 Å². The normalized spacial score (nSPS) is 10.7. The molecule has 0 bridgehead atoms. The quantitative estimate of drug-likeness (QED) is 0.589. The third kappa shape index (κ3) is 0.922. The topological polar surface area (TPSA) is 17.3 Å². The van der Waals surface area contributed by atoms with E-state index in [2.05, 4.69) is 17.6 Å². The first-order chi connectivity index (χ1) is 5.29. The summed E-state index contributed by atoms with van der Waals surface area (Å²) in [5.74, 6) is 0. The Labute approximate surface area is 70.3 Å². The van der Waals surface area contributed by atoms with Gasteiger partial charge < -0.3 is 4.40 Å². The van der Waals surface area contributed by atoms with E-state index in [9.17, 15) is 0 Å². The molecule has 2 nitrogen and oxygen atoms in total. The molecular formula is C8H8N2S. The zero-order valence-corrected chi connectivity index (χ0v) is 7.05. The minimum absolute atomic E-state index is 0.802. The number of rotatable bonds is 0. The highest BCUT2D eigenvalue weighted by molar-refractivity contribution is 7.80. The number of aromatic nitrogens is 2. The van der Waals surface area contributed by atoms with Crippen LogP contribution in [0.25, 0.3) is 5.65 Å². The van der Waals surface area contributed by atoms with Crippen molar-refractivity contribution in [1.82, 2.24) is 9.38 Å². The Kier molecular flexibility index (Phi) is 1.39. The molecule has 0 unspecified atom stereocenters. The first-order valence-electron chi connectivity index (χ1n) is 3.41. The second-order valence-electron chi connectivity index (χ2n) is 2.45. The number of hydrogen-bond donors (Lipinski definition) is 1. The molecule has 56 valence electrons. The Hall–Kier alpha value is -0.960. The SMILES string of the molecule is Cc1c(S)nc2ccccn12. The van der Waals surface area contributed by atoms with E-state index in [0.29, 0.717) is 0 Å². The van der Waals surface area contributed by atoms with E-state index in [1.807, 2.05) is 35.7 Å². The summed E-state index contributed by atoms with van der Waals surface area (Å²) in [4.78, 5) is 4.24. The van der Waals surface area contributed by atoms with Crippen molar-refractivity contribution in [1.29, 1.82) is 0 Å². The lowest BCUT2D eigenvalue weighted by atomic mass is 10.4. The highest BCUT2D eigenvalue weighted by Crippen LogP contribution is 2.13. The van der Waals surface area contributed by atoms with Crippen LogP contribution < -0.4 is 0 Å². The van der Waals surface area contributed by atoms with E-state index < -0.39 is 0 Å². The summed E-state index contributed by atoms with van der Waals surface area (Å²) in [6.07, 6.45) is 1.98. The number of aryl methyl sites for hydroxylation is 1. The van der Waals surface area contributed by atoms with Gasteiger partial charge in [-0.05, 0) is 19.1 Å². The molecule has 3 heteroatoms. The van der Waals surface area contributed by atoms with Crippen LogP contribution in [0.4, 0.5) is 0 Å². The number of thiol groups is 1. The van der Waals surface area contributed by atoms with Gasteiger partial charge in [-0.1, -0.05) is 6.07 Å². The Morgan fingerprint density at radius 1 is 1.45 bits per heavy atom. The smallest absolute Gasteiger partial charge is 0.138 e. The number of imidazole rings is 1. The van der Waals surface area contributed by atoms with E-state index in [0.717, 1.165) is 16.4 Å². The largest absolute Gasteiger partial charge is 0.303 e. The number of fused-ring (bicyclic) bond motifs is 1. The van der Waals surface area contributed by atoms with Crippen molar-refractivity contribution in [2.75, 3.05) is 0 Å². The zero-order valence-electron chi connectivity index (χ0n) is 6.15. The van der Waals surface area contributed by atoms with Gasteiger partial charge in [-0.25, -0.2) is 4.98 Å². The molecule has 0 amide bonds. The average molecular weight is 164 g/mol. The Bertz CT molecular complexity index is 392. The van der Waals surface area contributed by atoms with Gasteiger partial charge in [0.25, 0.3) is 0 Å². The van der Waals surface area contributed by atoms with Gasteiger partial charge in [-0.3, -0.25) is 0 Å². The van der Waals surface area contributed by atoms with E-state index in [1.54, 1.807) is 0 Å². The van der Waals surface area contributed by atoms with Crippen molar-refractivity contribution in [3.8, 4) is 0 Å². The second-order valence-corrected chi connectivity index (χ2v) is 2.87. The van der Waals surface area contributed by atoms with E-state index >= 15 is 0 Å². The summed E-state index contributed by atoms with van der Waals surface area (Å²) < 4.78 is 2.02. The molecule has 0 saturated carbocycles. The molecule has 0 aliphatic rings. The molecule has 2 aromatic heterocycles. The number of hydrogen-bond acceptors (Lipinski definition) is 2. The van der Waals surface area contributed by atoms with Crippen molar-refractivity contribution >= 4 is 18.3 Å². The van der Waals surface area contributed by atoms with Crippen LogP contribution in [0.15, 0.2) is 29.4 Å². The predicted molar refractivity (Wildman–Crippen MR) is 47.2 cm³/mol. The lowest BCUT2D eigenvalue weighted by Gasteiger charge is -1.92. The van der Waals surface area contributed by atoms with Crippen LogP contribution in [-0.4, -0.2) is 9.38 Å². The zero-order chi connectivity index (χ0) is 7.84. The molecule has 0 aliphatic heterocycles. The fraction of sp³-hybridized carbons (Fsp3) is 0.125. The van der Waals surface area contributed by atoms with Gasteiger partial charge in [-0.2, -0.15) is 0 Å². The molecule has 2 aromatic rings. The highest BCUT2D eigenvalue weighted by Gasteiger charge is 2.01. The summed E-state index contributed by atoms with van der Waals surface area (Å²) in [7, 11) is 0. The van der Waals surface area contributed by atoms with Crippen molar-refractivity contribution < 1.29 is 0 Å². The molecular weight excluding hydrogens is 156 g/mol. The summed E-state index contributed by atoms with van der Waals surface area (Å²) in [6.45, 7) is 2.00. The van der Waals surface area contributed by atoms with E-state index in [1.165, 1.54) is 0 Å². The Morgan fingerprint density at radius 2 is 2.27 bits per heavy atom. The van der Waals surface area contributed by atoms with Gasteiger partial charge in [0.05, 0.1) is 5.69 Å². The summed E-state index contributed by atoms with van der Waals surface area (Å²) in [5.41, 5.74) is 2.04. The van der Waals surface area contributed by atoms with Crippen molar-refractivity contribution in [3.05, 3.63) is 30.1 Å². The summed E-state index contributed by atoms with van der Waals surface area (Å²) in [5, 5.41) is 0.802. The van der Waals surface area contributed by atoms with Gasteiger partial charge in [0.1, 0.15) is 10.7 Å². The van der Waals surface area contributed by atoms with Crippen molar-refractivity contribution in [3.63, 3.8) is 0 Å². The standard InChI is InChI=1S/C8H8N2S/c1-6-8(11)9-7-4-2-3-5-10(6)7/h2-5,11H,1H3. The fourth-order valence-corrected chi connectivity index (χ4v) is 1.32. The maximum atomic E-state index is 4.24. The molecule has 0 aromatic carbocycles. The van der Waals surface area contributed by atoms with Crippen LogP contribution in [0.1, 0.15) is 5.69 Å². The second kappa shape index (κ2) is 2.27. The van der Waals surface area contributed by atoms with Gasteiger partial charge in [-0.15, -0.1) is 12.6 Å². The fourth-order valence-electron chi connectivity index (χ4n) is 1.11. The van der Waals surface area contributed by atoms with Gasteiger partial charge in [0, 0.05) is 6.20 Å². The summed E-state index contributed by atoms with van der Waals surface area (Å²) >= 11 is 4.22. The van der Waals surface area contributed by atoms with Crippen molar-refractivity contribution in [2.24, 2.45) is 0 Å².